The summed E-state index contributed by atoms with van der Waals surface area (Å²) in [6.45, 7) is 2.18. The Kier molecular flexibility index (Phi) is 2.23. The lowest BCUT2D eigenvalue weighted by Crippen LogP contribution is -1.77. The van der Waals surface area contributed by atoms with Crippen LogP contribution in [0.3, 0.4) is 0 Å². The van der Waals surface area contributed by atoms with Crippen molar-refractivity contribution < 1.29 is 0 Å². The maximum Gasteiger partial charge on any atom is 0.137 e. The van der Waals surface area contributed by atoms with Crippen molar-refractivity contribution in [3.05, 3.63) is 60.4 Å². The summed E-state index contributed by atoms with van der Waals surface area (Å²) in [5.74, 6) is 0. The third kappa shape index (κ3) is 1.59. The summed E-state index contributed by atoms with van der Waals surface area (Å²) >= 11 is 1.82. The highest BCUT2D eigenvalue weighted by molar-refractivity contribution is 7.22. The third-order valence-corrected chi connectivity index (χ3v) is 4.74. The van der Waals surface area contributed by atoms with E-state index in [9.17, 15) is 0 Å². The molecule has 4 rings (SSSR count). The lowest BCUT2D eigenvalue weighted by atomic mass is 10.1. The number of imidazole rings is 1. The van der Waals surface area contributed by atoms with Crippen LogP contribution < -0.4 is 0 Å². The Balaban J connectivity index is 2.01. The molecule has 0 amide bonds. The molecule has 92 valence electrons. The molecule has 3 heterocycles. The molecule has 19 heavy (non-hydrogen) atoms. The van der Waals surface area contributed by atoms with Crippen LogP contribution in [0.5, 0.6) is 0 Å². The topological polar surface area (TPSA) is 17.3 Å². The first-order valence-electron chi connectivity index (χ1n) is 6.25. The zero-order chi connectivity index (χ0) is 12.8. The molecule has 0 bridgehead atoms. The Morgan fingerprint density at radius 3 is 2.74 bits per heavy atom. The number of thiophene rings is 1. The summed E-state index contributed by atoms with van der Waals surface area (Å²) in [6, 6.07) is 14.6. The quantitative estimate of drug-likeness (QED) is 0.494. The largest absolute Gasteiger partial charge is 0.306 e. The van der Waals surface area contributed by atoms with Crippen molar-refractivity contribution in [2.24, 2.45) is 0 Å². The molecule has 0 radical (unpaired) electrons. The van der Waals surface area contributed by atoms with Gasteiger partial charge in [-0.15, -0.1) is 11.3 Å². The fourth-order valence-electron chi connectivity index (χ4n) is 2.46. The minimum Gasteiger partial charge on any atom is -0.306 e. The van der Waals surface area contributed by atoms with E-state index in [4.69, 9.17) is 4.98 Å². The molecule has 4 aromatic rings. The second kappa shape index (κ2) is 3.93. The molecule has 0 saturated carbocycles. The molecule has 1 aromatic carbocycles. The van der Waals surface area contributed by atoms with Crippen molar-refractivity contribution in [2.75, 3.05) is 0 Å². The highest BCUT2D eigenvalue weighted by atomic mass is 32.1. The highest BCUT2D eigenvalue weighted by Gasteiger charge is 2.12. The van der Waals surface area contributed by atoms with Gasteiger partial charge in [-0.1, -0.05) is 24.3 Å². The Morgan fingerprint density at radius 2 is 1.89 bits per heavy atom. The zero-order valence-corrected chi connectivity index (χ0v) is 11.3. The van der Waals surface area contributed by atoms with Crippen LogP contribution in [-0.2, 0) is 0 Å². The predicted molar refractivity (Wildman–Crippen MR) is 80.7 cm³/mol. The van der Waals surface area contributed by atoms with Gasteiger partial charge in [0.2, 0.25) is 0 Å². The molecule has 0 spiro atoms. The normalized spacial score (nSPS) is 11.4. The standard InChI is InChI=1S/C16H12N2S/c1-11-12-6-2-3-7-14(12)19-16(11)13-10-18-9-5-4-8-15(18)17-13/h2-10H,1H3. The molecule has 0 aliphatic carbocycles. The van der Waals surface area contributed by atoms with E-state index in [1.807, 2.05) is 35.7 Å². The van der Waals surface area contributed by atoms with Gasteiger partial charge in [-0.2, -0.15) is 0 Å². The van der Waals surface area contributed by atoms with Gasteiger partial charge in [0, 0.05) is 17.1 Å². The van der Waals surface area contributed by atoms with E-state index in [-0.39, 0.29) is 0 Å². The molecule has 0 N–H and O–H groups in total. The summed E-state index contributed by atoms with van der Waals surface area (Å²) < 4.78 is 3.39. The Bertz CT molecular complexity index is 853. The van der Waals surface area contributed by atoms with Crippen LogP contribution in [0, 0.1) is 6.92 Å². The average molecular weight is 264 g/mol. The molecule has 0 unspecified atom stereocenters. The maximum atomic E-state index is 4.71. The van der Waals surface area contributed by atoms with Crippen molar-refractivity contribution >= 4 is 27.1 Å². The van der Waals surface area contributed by atoms with Gasteiger partial charge in [0.15, 0.2) is 0 Å². The van der Waals surface area contributed by atoms with Gasteiger partial charge in [-0.05, 0) is 36.1 Å². The van der Waals surface area contributed by atoms with Gasteiger partial charge in [0.1, 0.15) is 5.65 Å². The number of pyridine rings is 1. The Morgan fingerprint density at radius 1 is 1.05 bits per heavy atom. The second-order valence-electron chi connectivity index (χ2n) is 4.64. The minimum absolute atomic E-state index is 0.995. The van der Waals surface area contributed by atoms with E-state index < -0.39 is 0 Å². The summed E-state index contributed by atoms with van der Waals surface area (Å²) in [4.78, 5) is 5.98. The smallest absolute Gasteiger partial charge is 0.137 e. The molecule has 0 atom stereocenters. The lowest BCUT2D eigenvalue weighted by molar-refractivity contribution is 1.19. The van der Waals surface area contributed by atoms with Crippen molar-refractivity contribution in [1.82, 2.24) is 9.38 Å². The van der Waals surface area contributed by atoms with E-state index in [1.54, 1.807) is 0 Å². The predicted octanol–water partition coefficient (Wildman–Crippen LogP) is 4.52. The number of nitrogens with zero attached hydrogens (tertiary/aromatic N) is 2. The fourth-order valence-corrected chi connectivity index (χ4v) is 3.63. The summed E-state index contributed by atoms with van der Waals surface area (Å²) in [5, 5.41) is 1.33. The molecule has 0 fully saturated rings. The minimum atomic E-state index is 0.995. The number of aryl methyl sites for hydroxylation is 1. The molecular weight excluding hydrogens is 252 g/mol. The SMILES string of the molecule is Cc1c(-c2cn3ccccc3n2)sc2ccccc12. The highest BCUT2D eigenvalue weighted by Crippen LogP contribution is 2.37. The van der Waals surface area contributed by atoms with Crippen LogP contribution in [0.15, 0.2) is 54.9 Å². The second-order valence-corrected chi connectivity index (χ2v) is 5.70. The van der Waals surface area contributed by atoms with Gasteiger partial charge in [0.25, 0.3) is 0 Å². The van der Waals surface area contributed by atoms with E-state index in [0.29, 0.717) is 0 Å². The average Bonchev–Trinajstić information content (AvgIpc) is 3.00. The van der Waals surface area contributed by atoms with E-state index in [0.717, 1.165) is 11.3 Å². The molecule has 3 heteroatoms. The monoisotopic (exact) mass is 264 g/mol. The molecule has 0 aliphatic heterocycles. The summed E-state index contributed by atoms with van der Waals surface area (Å²) in [5.41, 5.74) is 3.38. The molecule has 0 saturated heterocycles. The number of hydrogen-bond acceptors (Lipinski definition) is 2. The Hall–Kier alpha value is -2.13. The number of hydrogen-bond donors (Lipinski definition) is 0. The first kappa shape index (κ1) is 10.8. The number of rotatable bonds is 1. The van der Waals surface area contributed by atoms with Crippen molar-refractivity contribution in [3.8, 4) is 10.6 Å². The number of benzene rings is 1. The van der Waals surface area contributed by atoms with Crippen molar-refractivity contribution in [2.45, 2.75) is 6.92 Å². The van der Waals surface area contributed by atoms with Crippen LogP contribution in [0.4, 0.5) is 0 Å². The van der Waals surface area contributed by atoms with E-state index in [2.05, 4.69) is 41.8 Å². The lowest BCUT2D eigenvalue weighted by Gasteiger charge is -1.93. The van der Waals surface area contributed by atoms with Crippen molar-refractivity contribution in [1.29, 1.82) is 0 Å². The van der Waals surface area contributed by atoms with Gasteiger partial charge in [0.05, 0.1) is 10.6 Å². The number of aromatic nitrogens is 2. The van der Waals surface area contributed by atoms with Gasteiger partial charge >= 0.3 is 0 Å². The molecule has 2 nitrogen and oxygen atoms in total. The molecule has 3 aromatic heterocycles. The fraction of sp³-hybridized carbons (Fsp3) is 0.0625. The van der Waals surface area contributed by atoms with Crippen LogP contribution in [0.1, 0.15) is 5.56 Å². The van der Waals surface area contributed by atoms with Crippen LogP contribution in [0.2, 0.25) is 0 Å². The van der Waals surface area contributed by atoms with Crippen molar-refractivity contribution in [3.63, 3.8) is 0 Å². The van der Waals surface area contributed by atoms with Gasteiger partial charge in [-0.25, -0.2) is 4.98 Å². The van der Waals surface area contributed by atoms with Crippen LogP contribution >= 0.6 is 11.3 Å². The summed E-state index contributed by atoms with van der Waals surface area (Å²) in [7, 11) is 0. The molecular formula is C16H12N2S. The van der Waals surface area contributed by atoms with Crippen LogP contribution in [0.25, 0.3) is 26.3 Å². The number of fused-ring (bicyclic) bond motifs is 2. The van der Waals surface area contributed by atoms with Gasteiger partial charge in [-0.3, -0.25) is 0 Å². The van der Waals surface area contributed by atoms with E-state index in [1.165, 1.54) is 20.5 Å². The summed E-state index contributed by atoms with van der Waals surface area (Å²) in [6.07, 6.45) is 4.14. The van der Waals surface area contributed by atoms with Gasteiger partial charge < -0.3 is 4.40 Å². The first-order valence-corrected chi connectivity index (χ1v) is 7.07. The molecule has 0 aliphatic rings. The maximum absolute atomic E-state index is 4.71. The van der Waals surface area contributed by atoms with Crippen LogP contribution in [-0.4, -0.2) is 9.38 Å². The first-order chi connectivity index (χ1) is 9.33. The Labute approximate surface area is 115 Å². The third-order valence-electron chi connectivity index (χ3n) is 3.44. The van der Waals surface area contributed by atoms with E-state index >= 15 is 0 Å². The zero-order valence-electron chi connectivity index (χ0n) is 10.5.